The van der Waals surface area contributed by atoms with Gasteiger partial charge in [0, 0.05) is 12.1 Å². The Balaban J connectivity index is 1.96. The fourth-order valence-corrected chi connectivity index (χ4v) is 2.19. The van der Waals surface area contributed by atoms with Crippen molar-refractivity contribution in [2.45, 2.75) is 6.54 Å². The first kappa shape index (κ1) is 13.1. The third-order valence-corrected chi connectivity index (χ3v) is 3.12. The molecule has 0 spiro atoms. The van der Waals surface area contributed by atoms with Gasteiger partial charge in [0.2, 0.25) is 0 Å². The van der Waals surface area contributed by atoms with Crippen LogP contribution in [-0.4, -0.2) is 27.2 Å². The van der Waals surface area contributed by atoms with Crippen molar-refractivity contribution < 1.29 is 4.74 Å². The number of hydrogen-bond donors (Lipinski definition) is 2. The summed E-state index contributed by atoms with van der Waals surface area (Å²) in [6.45, 7) is 4.70. The average molecular weight is 281 g/mol. The van der Waals surface area contributed by atoms with E-state index in [0.717, 1.165) is 22.1 Å². The second-order valence-electron chi connectivity index (χ2n) is 4.45. The summed E-state index contributed by atoms with van der Waals surface area (Å²) in [5.41, 5.74) is 1.06. The van der Waals surface area contributed by atoms with Crippen molar-refractivity contribution in [2.24, 2.45) is 0 Å². The first-order valence-corrected chi connectivity index (χ1v) is 6.60. The van der Waals surface area contributed by atoms with Crippen LogP contribution in [0.15, 0.2) is 49.1 Å². The van der Waals surface area contributed by atoms with Gasteiger partial charge < -0.3 is 10.1 Å². The minimum absolute atomic E-state index is 0.456. The maximum Gasteiger partial charge on any atom is 0.263 e. The van der Waals surface area contributed by atoms with Crippen molar-refractivity contribution in [1.82, 2.24) is 20.6 Å². The molecule has 0 saturated carbocycles. The summed E-state index contributed by atoms with van der Waals surface area (Å²) in [6, 6.07) is 12.2. The highest BCUT2D eigenvalue weighted by Gasteiger charge is 2.09. The molecule has 0 radical (unpaired) electrons. The number of nitrogens with zero attached hydrogens (tertiary/aromatic N) is 3. The molecular formula is C15H15N5O. The number of hydrogen-bond acceptors (Lipinski definition) is 5. The summed E-state index contributed by atoms with van der Waals surface area (Å²) >= 11 is 0. The predicted molar refractivity (Wildman–Crippen MR) is 81.1 cm³/mol. The van der Waals surface area contributed by atoms with E-state index in [-0.39, 0.29) is 0 Å². The number of aromatic nitrogens is 4. The topological polar surface area (TPSA) is 75.7 Å². The molecule has 0 saturated heterocycles. The average Bonchev–Trinajstić information content (AvgIpc) is 3.04. The molecule has 21 heavy (non-hydrogen) atoms. The molecule has 2 N–H and O–H groups in total. The van der Waals surface area contributed by atoms with Crippen molar-refractivity contribution in [1.29, 1.82) is 0 Å². The van der Waals surface area contributed by atoms with E-state index in [1.54, 1.807) is 6.08 Å². The van der Waals surface area contributed by atoms with E-state index in [9.17, 15) is 0 Å². The van der Waals surface area contributed by atoms with Crippen molar-refractivity contribution in [3.05, 3.63) is 54.6 Å². The van der Waals surface area contributed by atoms with Gasteiger partial charge in [-0.05, 0) is 22.1 Å². The summed E-state index contributed by atoms with van der Waals surface area (Å²) < 4.78 is 5.74. The Morgan fingerprint density at radius 1 is 1.24 bits per heavy atom. The third-order valence-electron chi connectivity index (χ3n) is 3.12. The molecule has 6 nitrogen and oxygen atoms in total. The highest BCUT2D eigenvalue weighted by molar-refractivity contribution is 5.88. The Morgan fingerprint density at radius 3 is 2.95 bits per heavy atom. The van der Waals surface area contributed by atoms with Gasteiger partial charge >= 0.3 is 0 Å². The Bertz CT molecular complexity index is 739. The van der Waals surface area contributed by atoms with Crippen LogP contribution in [0.25, 0.3) is 10.8 Å². The highest BCUT2D eigenvalue weighted by atomic mass is 16.5. The lowest BCUT2D eigenvalue weighted by Gasteiger charge is -2.13. The van der Waals surface area contributed by atoms with Crippen molar-refractivity contribution in [3.63, 3.8) is 0 Å². The zero-order valence-electron chi connectivity index (χ0n) is 11.4. The lowest BCUT2D eigenvalue weighted by molar-refractivity contribution is 0.360. The van der Waals surface area contributed by atoms with E-state index in [2.05, 4.69) is 44.7 Å². The first-order chi connectivity index (χ1) is 10.4. The molecule has 0 aliphatic carbocycles. The maximum absolute atomic E-state index is 5.74. The van der Waals surface area contributed by atoms with Gasteiger partial charge in [0.25, 0.3) is 5.95 Å². The zero-order chi connectivity index (χ0) is 14.5. The molecule has 3 aromatic rings. The van der Waals surface area contributed by atoms with E-state index >= 15 is 0 Å². The summed E-state index contributed by atoms with van der Waals surface area (Å²) in [4.78, 5) is 0. The molecule has 1 aromatic heterocycles. The molecule has 3 rings (SSSR count). The number of tetrazole rings is 1. The first-order valence-electron chi connectivity index (χ1n) is 6.60. The van der Waals surface area contributed by atoms with E-state index in [1.807, 2.05) is 24.3 Å². The predicted octanol–water partition coefficient (Wildman–Crippen LogP) is 2.53. The summed E-state index contributed by atoms with van der Waals surface area (Å²) in [5.74, 6) is 1.28. The molecule has 0 atom stereocenters. The summed E-state index contributed by atoms with van der Waals surface area (Å²) in [5, 5.41) is 19.1. The third kappa shape index (κ3) is 2.84. The minimum Gasteiger partial charge on any atom is -0.489 e. The molecule has 0 aliphatic heterocycles. The molecule has 2 aromatic carbocycles. The standard InChI is InChI=1S/C15H15N5O/c1-2-9-21-14-8-7-11-5-3-4-6-12(11)13(14)10-16-15-17-19-20-18-15/h2-8H,1,9-10H2,(H2,16,17,18,19,20). The van der Waals surface area contributed by atoms with Crippen LogP contribution in [0.3, 0.4) is 0 Å². The zero-order valence-corrected chi connectivity index (χ0v) is 11.4. The van der Waals surface area contributed by atoms with Crippen molar-refractivity contribution >= 4 is 16.7 Å². The van der Waals surface area contributed by atoms with Crippen LogP contribution in [0.4, 0.5) is 5.95 Å². The lowest BCUT2D eigenvalue weighted by atomic mass is 10.0. The minimum atomic E-state index is 0.456. The number of fused-ring (bicyclic) bond motifs is 1. The second kappa shape index (κ2) is 6.04. The van der Waals surface area contributed by atoms with Crippen molar-refractivity contribution in [2.75, 3.05) is 11.9 Å². The van der Waals surface area contributed by atoms with E-state index < -0.39 is 0 Å². The van der Waals surface area contributed by atoms with Gasteiger partial charge in [0.15, 0.2) is 0 Å². The van der Waals surface area contributed by atoms with Gasteiger partial charge in [0.05, 0.1) is 0 Å². The lowest BCUT2D eigenvalue weighted by Crippen LogP contribution is -2.05. The quantitative estimate of drug-likeness (QED) is 0.679. The molecule has 0 amide bonds. The van der Waals surface area contributed by atoms with Crippen LogP contribution in [-0.2, 0) is 6.54 Å². The molecule has 106 valence electrons. The van der Waals surface area contributed by atoms with Gasteiger partial charge in [-0.3, -0.25) is 0 Å². The number of anilines is 1. The maximum atomic E-state index is 5.74. The fourth-order valence-electron chi connectivity index (χ4n) is 2.19. The van der Waals surface area contributed by atoms with E-state index in [0.29, 0.717) is 19.1 Å². The van der Waals surface area contributed by atoms with Crippen molar-refractivity contribution in [3.8, 4) is 5.75 Å². The Morgan fingerprint density at radius 2 is 2.14 bits per heavy atom. The van der Waals surface area contributed by atoms with Crippen LogP contribution in [0, 0.1) is 0 Å². The summed E-state index contributed by atoms with van der Waals surface area (Å²) in [6.07, 6.45) is 1.73. The van der Waals surface area contributed by atoms with Crippen LogP contribution < -0.4 is 10.1 Å². The Kier molecular flexibility index (Phi) is 3.77. The molecule has 1 heterocycles. The molecule has 6 heteroatoms. The molecule has 0 bridgehead atoms. The smallest absolute Gasteiger partial charge is 0.263 e. The van der Waals surface area contributed by atoms with Gasteiger partial charge in [0.1, 0.15) is 12.4 Å². The number of H-pyrrole nitrogens is 1. The second-order valence-corrected chi connectivity index (χ2v) is 4.45. The number of aromatic amines is 1. The van der Waals surface area contributed by atoms with Gasteiger partial charge in [-0.1, -0.05) is 48.1 Å². The highest BCUT2D eigenvalue weighted by Crippen LogP contribution is 2.28. The number of benzene rings is 2. The SMILES string of the molecule is C=CCOc1ccc2ccccc2c1CNc1nn[nH]n1. The van der Waals surface area contributed by atoms with Crippen LogP contribution >= 0.6 is 0 Å². The van der Waals surface area contributed by atoms with Gasteiger partial charge in [-0.25, -0.2) is 0 Å². The van der Waals surface area contributed by atoms with Gasteiger partial charge in [-0.15, -0.1) is 5.10 Å². The monoisotopic (exact) mass is 281 g/mol. The molecule has 0 aliphatic rings. The van der Waals surface area contributed by atoms with E-state index in [4.69, 9.17) is 4.74 Å². The van der Waals surface area contributed by atoms with Crippen LogP contribution in [0.2, 0.25) is 0 Å². The number of rotatable bonds is 6. The molecule has 0 fully saturated rings. The molecular weight excluding hydrogens is 266 g/mol. The molecule has 0 unspecified atom stereocenters. The number of ether oxygens (including phenoxy) is 1. The number of nitrogens with one attached hydrogen (secondary N) is 2. The summed E-state index contributed by atoms with van der Waals surface area (Å²) in [7, 11) is 0. The Hall–Kier alpha value is -2.89. The largest absolute Gasteiger partial charge is 0.489 e. The van der Waals surface area contributed by atoms with E-state index in [1.165, 1.54) is 0 Å². The Labute approximate surface area is 121 Å². The van der Waals surface area contributed by atoms with Crippen LogP contribution in [0.1, 0.15) is 5.56 Å². The fraction of sp³-hybridized carbons (Fsp3) is 0.133. The van der Waals surface area contributed by atoms with Gasteiger partial charge in [-0.2, -0.15) is 5.21 Å². The van der Waals surface area contributed by atoms with Crippen LogP contribution in [0.5, 0.6) is 5.75 Å². The normalized spacial score (nSPS) is 10.5.